The predicted molar refractivity (Wildman–Crippen MR) is 44.7 cm³/mol. The van der Waals surface area contributed by atoms with Crippen molar-refractivity contribution in [1.29, 1.82) is 5.41 Å². The molecule has 0 fully saturated rings. The van der Waals surface area contributed by atoms with Gasteiger partial charge in [0.25, 0.3) is 5.69 Å². The van der Waals surface area contributed by atoms with Gasteiger partial charge in [-0.1, -0.05) is 6.07 Å². The van der Waals surface area contributed by atoms with Crippen molar-refractivity contribution in [3.63, 3.8) is 0 Å². The highest BCUT2D eigenvalue weighted by atomic mass is 16.6. The van der Waals surface area contributed by atoms with Crippen LogP contribution >= 0.6 is 0 Å². The lowest BCUT2D eigenvalue weighted by Gasteiger charge is -1.96. The van der Waals surface area contributed by atoms with Crippen molar-refractivity contribution in [3.8, 4) is 0 Å². The lowest BCUT2D eigenvalue weighted by Crippen LogP contribution is -1.98. The molecule has 0 aliphatic heterocycles. The average Bonchev–Trinajstić information content (AvgIpc) is 2.16. The topological polar surface area (TPSA) is 84.1 Å². The average molecular weight is 176 g/mol. The summed E-state index contributed by atoms with van der Waals surface area (Å²) in [6.45, 7) is 0. The Kier molecular flexibility index (Phi) is 2.49. The van der Waals surface area contributed by atoms with E-state index in [4.69, 9.17) is 5.41 Å². The van der Waals surface area contributed by atoms with E-state index in [0.29, 0.717) is 0 Å². The van der Waals surface area contributed by atoms with Crippen LogP contribution in [0.1, 0.15) is 11.1 Å². The molecule has 0 amide bonds. The van der Waals surface area contributed by atoms with Crippen molar-refractivity contribution < 1.29 is 9.72 Å². The molecule has 1 aromatic carbocycles. The highest BCUT2D eigenvalue weighted by Gasteiger charge is 2.15. The minimum Gasteiger partial charge on any atom is -0.298 e. The lowest BCUT2D eigenvalue weighted by molar-refractivity contribution is -0.385. The second-order valence-corrected chi connectivity index (χ2v) is 2.18. The van der Waals surface area contributed by atoms with Crippen LogP contribution in [0.4, 0.5) is 5.69 Å². The van der Waals surface area contributed by atoms with E-state index in [-0.39, 0.29) is 16.8 Å². The Balaban J connectivity index is 3.43. The van der Waals surface area contributed by atoms with Crippen LogP contribution in [-0.2, 0) is 4.79 Å². The second-order valence-electron chi connectivity index (χ2n) is 2.18. The number of nitrogens with one attached hydrogen (secondary N) is 1. The molecule has 1 N–H and O–H groups in total. The highest BCUT2D eigenvalue weighted by molar-refractivity contribution is 5.95. The van der Waals surface area contributed by atoms with Crippen LogP contribution in [0.2, 0.25) is 0 Å². The molecule has 13 heavy (non-hydrogen) atoms. The van der Waals surface area contributed by atoms with Crippen LogP contribution in [0, 0.1) is 15.5 Å². The Morgan fingerprint density at radius 1 is 1.46 bits per heavy atom. The van der Waals surface area contributed by atoms with Gasteiger partial charge in [-0.2, -0.15) is 0 Å². The number of hydrogen-bond acceptors (Lipinski definition) is 4. The first-order valence-electron chi connectivity index (χ1n) is 3.29. The van der Waals surface area contributed by atoms with Gasteiger partial charge in [0.15, 0.2) is 0 Å². The first-order valence-corrected chi connectivity index (χ1v) is 3.29. The Labute approximate surface area is 73.7 Å². The SMILES string of the molecule is N=[C]c1c([C]=O)cccc1[N+](=O)[O-]. The van der Waals surface area contributed by atoms with Gasteiger partial charge >= 0.3 is 0 Å². The molecule has 0 atom stereocenters. The summed E-state index contributed by atoms with van der Waals surface area (Å²) in [4.78, 5) is 20.0. The Morgan fingerprint density at radius 3 is 2.62 bits per heavy atom. The van der Waals surface area contributed by atoms with Crippen molar-refractivity contribution in [2.24, 2.45) is 0 Å². The van der Waals surface area contributed by atoms with E-state index in [2.05, 4.69) is 0 Å². The molecule has 0 aliphatic rings. The monoisotopic (exact) mass is 176 g/mol. The molecular weight excluding hydrogens is 172 g/mol. The summed E-state index contributed by atoms with van der Waals surface area (Å²) in [7, 11) is 0. The number of carbonyl (C=O) groups excluding carboxylic acids is 1. The van der Waals surface area contributed by atoms with Crippen molar-refractivity contribution >= 4 is 18.2 Å². The normalized spacial score (nSPS) is 9.23. The van der Waals surface area contributed by atoms with Crippen LogP contribution in [-0.4, -0.2) is 17.4 Å². The van der Waals surface area contributed by atoms with E-state index in [9.17, 15) is 14.9 Å². The summed E-state index contributed by atoms with van der Waals surface area (Å²) in [6, 6.07) is 3.91. The van der Waals surface area contributed by atoms with Gasteiger partial charge < -0.3 is 0 Å². The highest BCUT2D eigenvalue weighted by Crippen LogP contribution is 2.18. The van der Waals surface area contributed by atoms with Crippen molar-refractivity contribution in [1.82, 2.24) is 0 Å². The molecule has 0 saturated heterocycles. The molecule has 5 heteroatoms. The van der Waals surface area contributed by atoms with E-state index in [1.165, 1.54) is 24.5 Å². The van der Waals surface area contributed by atoms with Crippen LogP contribution in [0.25, 0.3) is 0 Å². The van der Waals surface area contributed by atoms with Crippen molar-refractivity contribution in [2.75, 3.05) is 0 Å². The predicted octanol–water partition coefficient (Wildman–Crippen LogP) is 0.927. The number of nitro groups is 1. The zero-order valence-electron chi connectivity index (χ0n) is 6.40. The summed E-state index contributed by atoms with van der Waals surface area (Å²) < 4.78 is 0. The van der Waals surface area contributed by atoms with E-state index in [1.807, 2.05) is 6.21 Å². The van der Waals surface area contributed by atoms with Crippen LogP contribution < -0.4 is 0 Å². The minimum absolute atomic E-state index is 0.0239. The third kappa shape index (κ3) is 1.58. The van der Waals surface area contributed by atoms with Gasteiger partial charge in [-0.3, -0.25) is 20.3 Å². The number of rotatable bonds is 3. The number of nitro benzene ring substituents is 1. The van der Waals surface area contributed by atoms with Crippen LogP contribution in [0.15, 0.2) is 18.2 Å². The molecule has 0 bridgehead atoms. The molecule has 64 valence electrons. The quantitative estimate of drug-likeness (QED) is 0.422. The van der Waals surface area contributed by atoms with Gasteiger partial charge in [0.1, 0.15) is 0 Å². The maximum Gasteiger partial charge on any atom is 0.279 e. The molecule has 1 rings (SSSR count). The molecule has 0 aromatic heterocycles. The standard InChI is InChI=1S/C8H4N2O3/c9-4-7-6(5-11)2-1-3-8(7)10(12)13/h1-3,9H. The Bertz CT molecular complexity index is 374. The summed E-state index contributed by atoms with van der Waals surface area (Å²) >= 11 is 0. The number of benzene rings is 1. The lowest BCUT2D eigenvalue weighted by atomic mass is 10.1. The number of hydrogen-bond donors (Lipinski definition) is 1. The van der Waals surface area contributed by atoms with Crippen LogP contribution in [0.3, 0.4) is 0 Å². The first-order chi connectivity index (χ1) is 6.20. The fourth-order valence-electron chi connectivity index (χ4n) is 0.909. The molecule has 0 heterocycles. The summed E-state index contributed by atoms with van der Waals surface area (Å²) in [5, 5.41) is 17.2. The molecule has 0 saturated carbocycles. The first kappa shape index (κ1) is 9.05. The smallest absolute Gasteiger partial charge is 0.279 e. The molecular formula is C8H4N2O3. The summed E-state index contributed by atoms with van der Waals surface area (Å²) in [5.41, 5.74) is -0.470. The third-order valence-electron chi connectivity index (χ3n) is 1.47. The van der Waals surface area contributed by atoms with E-state index >= 15 is 0 Å². The largest absolute Gasteiger partial charge is 0.298 e. The Hall–Kier alpha value is -2.04. The summed E-state index contributed by atoms with van der Waals surface area (Å²) in [5.74, 6) is 0. The van der Waals surface area contributed by atoms with Gasteiger partial charge in [-0.15, -0.1) is 0 Å². The zero-order chi connectivity index (χ0) is 9.84. The zero-order valence-corrected chi connectivity index (χ0v) is 6.40. The molecule has 0 unspecified atom stereocenters. The van der Waals surface area contributed by atoms with Crippen molar-refractivity contribution in [3.05, 3.63) is 39.4 Å². The Morgan fingerprint density at radius 2 is 2.15 bits per heavy atom. The van der Waals surface area contributed by atoms with E-state index in [1.54, 1.807) is 0 Å². The molecule has 2 radical (unpaired) electrons. The molecule has 0 aliphatic carbocycles. The summed E-state index contributed by atoms with van der Waals surface area (Å²) in [6.07, 6.45) is 3.35. The van der Waals surface area contributed by atoms with Crippen molar-refractivity contribution in [2.45, 2.75) is 0 Å². The third-order valence-corrected chi connectivity index (χ3v) is 1.47. The fourth-order valence-corrected chi connectivity index (χ4v) is 0.909. The van der Waals surface area contributed by atoms with Gasteiger partial charge in [0.05, 0.1) is 16.7 Å². The van der Waals surface area contributed by atoms with Gasteiger partial charge in [0, 0.05) is 11.6 Å². The van der Waals surface area contributed by atoms with Gasteiger partial charge in [-0.05, 0) is 6.07 Å². The second kappa shape index (κ2) is 3.57. The fraction of sp³-hybridized carbons (Fsp3) is 0. The van der Waals surface area contributed by atoms with Crippen LogP contribution in [0.5, 0.6) is 0 Å². The molecule has 5 nitrogen and oxygen atoms in total. The van der Waals surface area contributed by atoms with Gasteiger partial charge in [0.2, 0.25) is 6.29 Å². The van der Waals surface area contributed by atoms with Gasteiger partial charge in [-0.25, -0.2) is 0 Å². The minimum atomic E-state index is -0.669. The molecule has 0 spiro atoms. The maximum atomic E-state index is 10.4. The number of nitrogens with zero attached hydrogens (tertiary/aromatic N) is 1. The van der Waals surface area contributed by atoms with E-state index < -0.39 is 4.92 Å². The molecule has 1 aromatic rings. The maximum absolute atomic E-state index is 10.4. The van der Waals surface area contributed by atoms with E-state index in [0.717, 1.165) is 0 Å².